The summed E-state index contributed by atoms with van der Waals surface area (Å²) in [5.41, 5.74) is 0. The van der Waals surface area contributed by atoms with Gasteiger partial charge in [-0.15, -0.1) is 0 Å². The van der Waals surface area contributed by atoms with Crippen LogP contribution in [0.15, 0.2) is 0 Å². The molecule has 0 spiro atoms. The van der Waals surface area contributed by atoms with Crippen molar-refractivity contribution in [1.29, 1.82) is 0 Å². The summed E-state index contributed by atoms with van der Waals surface area (Å²) in [6.45, 7) is -3.11. The fourth-order valence-electron chi connectivity index (χ4n) is 0.441. The van der Waals surface area contributed by atoms with Gasteiger partial charge in [0.15, 0.2) is 0 Å². The number of halogens is 3. The lowest BCUT2D eigenvalue weighted by Gasteiger charge is -2.14. The van der Waals surface area contributed by atoms with E-state index in [4.69, 9.17) is 21.5 Å². The number of alkyl halides is 2. The first-order valence-electron chi connectivity index (χ1n) is 3.28. The highest BCUT2D eigenvalue weighted by Crippen LogP contribution is 2.41. The summed E-state index contributed by atoms with van der Waals surface area (Å²) >= 11 is 11.2. The largest absolute Gasteiger partial charge is 0.380 e. The molecule has 0 aromatic heterocycles. The molecule has 13 heavy (non-hydrogen) atoms. The van der Waals surface area contributed by atoms with Crippen LogP contribution in [0.25, 0.3) is 0 Å². The maximum absolute atomic E-state index is 11.3. The quantitative estimate of drug-likeness (QED) is 0.419. The van der Waals surface area contributed by atoms with Crippen molar-refractivity contribution in [3.05, 3.63) is 0 Å². The number of aliphatic hydroxyl groups is 2. The van der Waals surface area contributed by atoms with Crippen LogP contribution in [0.4, 0.5) is 0 Å². The second-order valence-electron chi connectivity index (χ2n) is 2.13. The zero-order valence-corrected chi connectivity index (χ0v) is 11.3. The number of hydrogen-bond acceptors (Lipinski definition) is 3. The van der Waals surface area contributed by atoms with Crippen LogP contribution in [0.1, 0.15) is 0 Å². The Balaban J connectivity index is 3.74. The molecular weight excluding hydrogens is 350 g/mol. The second-order valence-corrected chi connectivity index (χ2v) is 7.37. The summed E-state index contributed by atoms with van der Waals surface area (Å²) in [5.74, 6) is 0. The van der Waals surface area contributed by atoms with E-state index in [0.717, 1.165) is 0 Å². The molecule has 0 aromatic rings. The van der Waals surface area contributed by atoms with Crippen molar-refractivity contribution < 1.29 is 14.8 Å². The first kappa shape index (κ1) is 14.3. The van der Waals surface area contributed by atoms with Crippen LogP contribution in [-0.4, -0.2) is 33.3 Å². The zero-order chi connectivity index (χ0) is 10.5. The highest BCUT2D eigenvalue weighted by atomic mass is 79.9. The van der Waals surface area contributed by atoms with Crippen molar-refractivity contribution in [2.45, 2.75) is 10.0 Å². The molecule has 0 heterocycles. The minimum Gasteiger partial charge on any atom is -0.380 e. The van der Waals surface area contributed by atoms with E-state index >= 15 is 0 Å². The van der Waals surface area contributed by atoms with Gasteiger partial charge in [0.2, 0.25) is 0 Å². The Morgan fingerprint density at radius 2 is 1.54 bits per heavy atom. The Kier molecular flexibility index (Phi) is 7.42. The van der Waals surface area contributed by atoms with E-state index in [1.54, 1.807) is 0 Å². The van der Waals surface area contributed by atoms with Gasteiger partial charge < -0.3 is 10.2 Å². The number of aliphatic hydroxyl groups excluding tert-OH is 2. The monoisotopic (exact) mass is 358 g/mol. The van der Waals surface area contributed by atoms with E-state index in [-0.39, 0.29) is 13.1 Å². The fraction of sp³-hybridized carbons (Fsp3) is 1.00. The molecule has 0 aliphatic carbocycles. The molecule has 80 valence electrons. The molecule has 0 saturated heterocycles. The summed E-state index contributed by atoms with van der Waals surface area (Å²) in [6, 6.07) is 0. The molecule has 0 radical (unpaired) electrons. The molecule has 9 heteroatoms. The number of hydrogen-bond donors (Lipinski definition) is 4. The normalized spacial score (nSPS) is 20.7. The van der Waals surface area contributed by atoms with Crippen LogP contribution in [0, 0.1) is 0 Å². The molecule has 2 atom stereocenters. The lowest BCUT2D eigenvalue weighted by molar-refractivity contribution is 0.269. The predicted molar refractivity (Wildman–Crippen MR) is 59.3 cm³/mol. The fourth-order valence-corrected chi connectivity index (χ4v) is 2.61. The Hall–Kier alpha value is 1.32. The molecule has 0 aromatic carbocycles. The minimum atomic E-state index is -3.21. The summed E-state index contributed by atoms with van der Waals surface area (Å²) in [5, 5.41) is 20.7. The number of nitrogens with one attached hydrogen (secondary N) is 2. The van der Waals surface area contributed by atoms with Gasteiger partial charge in [-0.2, -0.15) is 0 Å². The van der Waals surface area contributed by atoms with Crippen LogP contribution in [0.2, 0.25) is 0 Å². The van der Waals surface area contributed by atoms with Gasteiger partial charge in [0.05, 0.1) is 0 Å². The van der Waals surface area contributed by atoms with Gasteiger partial charge in [-0.05, 0) is 11.2 Å². The van der Waals surface area contributed by atoms with Crippen molar-refractivity contribution in [2.75, 3.05) is 13.1 Å². The standard InChI is InChI=1S/C4H10Br2ClN2O3P/c5-3(10)1-8-13(7,12)9-2-4(6)11/h3-4,10-11H,1-2H2,(H2,8,9,12). The molecule has 5 nitrogen and oxygen atoms in total. The highest BCUT2D eigenvalue weighted by Gasteiger charge is 2.18. The summed E-state index contributed by atoms with van der Waals surface area (Å²) in [7, 11) is 0. The molecular formula is C4H10Br2ClN2O3P. The van der Waals surface area contributed by atoms with E-state index in [2.05, 4.69) is 42.0 Å². The topological polar surface area (TPSA) is 81.6 Å². The molecule has 4 N–H and O–H groups in total. The average Bonchev–Trinajstić information content (AvgIpc) is 1.98. The van der Waals surface area contributed by atoms with Gasteiger partial charge >= 0.3 is 0 Å². The van der Waals surface area contributed by atoms with Crippen LogP contribution in [0.3, 0.4) is 0 Å². The molecule has 0 saturated carbocycles. The lowest BCUT2D eigenvalue weighted by Crippen LogP contribution is -2.27. The maximum Gasteiger partial charge on any atom is 0.299 e. The van der Waals surface area contributed by atoms with Crippen molar-refractivity contribution in [2.24, 2.45) is 0 Å². The van der Waals surface area contributed by atoms with Crippen LogP contribution in [0.5, 0.6) is 0 Å². The van der Waals surface area contributed by atoms with E-state index in [9.17, 15) is 4.57 Å². The Bertz CT molecular complexity index is 178. The van der Waals surface area contributed by atoms with Gasteiger partial charge in [0, 0.05) is 13.1 Å². The Morgan fingerprint density at radius 1 is 1.23 bits per heavy atom. The van der Waals surface area contributed by atoms with E-state index < -0.39 is 16.8 Å². The van der Waals surface area contributed by atoms with Gasteiger partial charge in [-0.1, -0.05) is 31.9 Å². The highest BCUT2D eigenvalue weighted by molar-refractivity contribution is 9.09. The molecule has 0 rings (SSSR count). The van der Waals surface area contributed by atoms with Crippen LogP contribution in [-0.2, 0) is 4.57 Å². The predicted octanol–water partition coefficient (Wildman–Crippen LogP) is 0.939. The average molecular weight is 360 g/mol. The molecule has 0 fully saturated rings. The third-order valence-electron chi connectivity index (χ3n) is 0.926. The first-order chi connectivity index (χ1) is 5.83. The van der Waals surface area contributed by atoms with Gasteiger partial charge in [0.1, 0.15) is 10.0 Å². The van der Waals surface area contributed by atoms with E-state index in [1.165, 1.54) is 0 Å². The SMILES string of the molecule is O=P(Cl)(NCC(O)Br)NCC(O)Br. The first-order valence-corrected chi connectivity index (χ1v) is 7.72. The van der Waals surface area contributed by atoms with E-state index in [1.807, 2.05) is 0 Å². The molecule has 0 bridgehead atoms. The molecule has 0 aliphatic rings. The van der Waals surface area contributed by atoms with Gasteiger partial charge in [-0.25, -0.2) is 10.2 Å². The third-order valence-corrected chi connectivity index (χ3v) is 3.47. The van der Waals surface area contributed by atoms with Crippen LogP contribution >= 0.6 is 49.9 Å². The van der Waals surface area contributed by atoms with Crippen molar-refractivity contribution >= 4 is 49.9 Å². The summed E-state index contributed by atoms with van der Waals surface area (Å²) in [4.78, 5) is 0. The van der Waals surface area contributed by atoms with Crippen molar-refractivity contribution in [1.82, 2.24) is 10.2 Å². The molecule has 2 unspecified atom stereocenters. The summed E-state index contributed by atoms with van der Waals surface area (Å²) in [6.07, 6.45) is 0. The zero-order valence-electron chi connectivity index (χ0n) is 6.45. The second kappa shape index (κ2) is 6.74. The van der Waals surface area contributed by atoms with Crippen LogP contribution < -0.4 is 10.2 Å². The van der Waals surface area contributed by atoms with Gasteiger partial charge in [0.25, 0.3) is 6.80 Å². The lowest BCUT2D eigenvalue weighted by atomic mass is 10.7. The third kappa shape index (κ3) is 9.62. The van der Waals surface area contributed by atoms with Crippen molar-refractivity contribution in [3.63, 3.8) is 0 Å². The summed E-state index contributed by atoms with van der Waals surface area (Å²) < 4.78 is 11.3. The number of rotatable bonds is 6. The van der Waals surface area contributed by atoms with Crippen molar-refractivity contribution in [3.8, 4) is 0 Å². The maximum atomic E-state index is 11.3. The smallest absolute Gasteiger partial charge is 0.299 e. The van der Waals surface area contributed by atoms with Gasteiger partial charge in [-0.3, -0.25) is 4.57 Å². The molecule has 0 amide bonds. The van der Waals surface area contributed by atoms with E-state index in [0.29, 0.717) is 0 Å². The molecule has 0 aliphatic heterocycles. The Labute approximate surface area is 97.8 Å². The minimum absolute atomic E-state index is 0.0478. The Morgan fingerprint density at radius 3 is 1.77 bits per heavy atom.